The van der Waals surface area contributed by atoms with Gasteiger partial charge >= 0.3 is 12.4 Å². The molecule has 3 amide bonds. The summed E-state index contributed by atoms with van der Waals surface area (Å²) in [5.74, 6) is 0.173. The van der Waals surface area contributed by atoms with E-state index in [0.717, 1.165) is 16.7 Å². The van der Waals surface area contributed by atoms with Gasteiger partial charge in [-0.2, -0.15) is 4.99 Å². The third-order valence-electron chi connectivity index (χ3n) is 6.08. The van der Waals surface area contributed by atoms with E-state index in [1.807, 2.05) is 25.1 Å². The minimum Gasteiger partial charge on any atom is -0.406 e. The Morgan fingerprint density at radius 2 is 1.91 bits per heavy atom. The molecule has 12 nitrogen and oxygen atoms in total. The fourth-order valence-corrected chi connectivity index (χ4v) is 4.98. The molecule has 2 aromatic carbocycles. The molecule has 0 atom stereocenters. The lowest BCUT2D eigenvalue weighted by Crippen LogP contribution is -2.31. The number of methoxy groups -OCH3 is 1. The number of carbonyl (C=O) groups is 2. The van der Waals surface area contributed by atoms with Crippen LogP contribution in [0, 0.1) is 6.92 Å². The highest BCUT2D eigenvalue weighted by Crippen LogP contribution is 2.31. The van der Waals surface area contributed by atoms with Crippen LogP contribution < -0.4 is 20.3 Å². The van der Waals surface area contributed by atoms with Gasteiger partial charge < -0.3 is 14.8 Å². The number of rotatable bonds is 9. The van der Waals surface area contributed by atoms with Gasteiger partial charge in [0.25, 0.3) is 0 Å². The number of pyridine rings is 1. The summed E-state index contributed by atoms with van der Waals surface area (Å²) in [5.41, 5.74) is 3.61. The van der Waals surface area contributed by atoms with E-state index in [0.29, 0.717) is 24.5 Å². The number of hydrogen-bond acceptors (Lipinski definition) is 9. The maximum Gasteiger partial charge on any atom is 0.573 e. The molecule has 3 heterocycles. The second-order valence-corrected chi connectivity index (χ2v) is 10.3. The lowest BCUT2D eigenvalue weighted by Gasteiger charge is -2.20. The van der Waals surface area contributed by atoms with Crippen LogP contribution in [0.4, 0.5) is 35.4 Å². The zero-order valence-electron chi connectivity index (χ0n) is 23.3. The van der Waals surface area contributed by atoms with Crippen molar-refractivity contribution >= 4 is 46.3 Å². The number of amidine groups is 1. The number of aliphatic imine (C=N–C) groups is 1. The van der Waals surface area contributed by atoms with E-state index in [2.05, 4.69) is 35.4 Å². The number of alkyl halides is 3. The predicted molar refractivity (Wildman–Crippen MR) is 158 cm³/mol. The van der Waals surface area contributed by atoms with Crippen LogP contribution in [-0.2, 0) is 22.7 Å². The number of benzene rings is 2. The monoisotopic (exact) mass is 626 g/mol. The van der Waals surface area contributed by atoms with Crippen LogP contribution in [0.25, 0.3) is 5.69 Å². The molecule has 1 fully saturated rings. The second kappa shape index (κ2) is 13.1. The SMILES string of the molecule is COCc1ccc(C)cc1N1C(=O)CSC1=NC(=O)Nc1ccc(CNc2ncn(-c3ccc(OC(F)(F)F)cc3)n2)cn1. The van der Waals surface area contributed by atoms with E-state index in [9.17, 15) is 22.8 Å². The maximum atomic E-state index is 12.7. The zero-order chi connectivity index (χ0) is 31.3. The minimum atomic E-state index is -4.77. The van der Waals surface area contributed by atoms with Crippen LogP contribution in [0.1, 0.15) is 16.7 Å². The van der Waals surface area contributed by atoms with Crippen molar-refractivity contribution in [1.29, 1.82) is 0 Å². The Kier molecular flexibility index (Phi) is 9.10. The number of carbonyl (C=O) groups excluding carboxylic acids is 2. The average Bonchev–Trinajstić information content (AvgIpc) is 3.60. The van der Waals surface area contributed by atoms with Gasteiger partial charge in [0.1, 0.15) is 17.9 Å². The summed E-state index contributed by atoms with van der Waals surface area (Å²) >= 11 is 1.17. The molecule has 2 aromatic heterocycles. The summed E-state index contributed by atoms with van der Waals surface area (Å²) in [4.78, 5) is 39.4. The van der Waals surface area contributed by atoms with E-state index < -0.39 is 12.4 Å². The minimum absolute atomic E-state index is 0.155. The average molecular weight is 627 g/mol. The fraction of sp³-hybridized carbons (Fsp3) is 0.214. The number of halogens is 3. The summed E-state index contributed by atoms with van der Waals surface area (Å²) in [7, 11) is 1.57. The number of thioether (sulfide) groups is 1. The summed E-state index contributed by atoms with van der Waals surface area (Å²) in [6, 6.07) is 13.5. The second-order valence-electron chi connectivity index (χ2n) is 9.37. The van der Waals surface area contributed by atoms with Gasteiger partial charge in [-0.05, 0) is 54.4 Å². The summed E-state index contributed by atoms with van der Waals surface area (Å²) in [5, 5.41) is 10.2. The molecule has 1 aliphatic rings. The van der Waals surface area contributed by atoms with Gasteiger partial charge in [-0.25, -0.2) is 19.4 Å². The molecule has 2 N–H and O–H groups in total. The number of nitrogens with one attached hydrogen (secondary N) is 2. The third-order valence-corrected chi connectivity index (χ3v) is 7.00. The Morgan fingerprint density at radius 3 is 2.61 bits per heavy atom. The molecule has 44 heavy (non-hydrogen) atoms. The molecule has 0 unspecified atom stereocenters. The number of nitrogens with zero attached hydrogens (tertiary/aromatic N) is 6. The van der Waals surface area contributed by atoms with Crippen molar-refractivity contribution < 1.29 is 32.2 Å². The number of aromatic nitrogens is 4. The highest BCUT2D eigenvalue weighted by Gasteiger charge is 2.32. The number of aryl methyl sites for hydroxylation is 1. The van der Waals surface area contributed by atoms with Crippen LogP contribution >= 0.6 is 11.8 Å². The molecule has 16 heteroatoms. The molecule has 0 spiro atoms. The van der Waals surface area contributed by atoms with Crippen LogP contribution in [0.2, 0.25) is 0 Å². The normalized spacial score (nSPS) is 14.2. The Bertz CT molecular complexity index is 1680. The van der Waals surface area contributed by atoms with Crippen molar-refractivity contribution in [2.45, 2.75) is 26.4 Å². The molecule has 0 saturated carbocycles. The van der Waals surface area contributed by atoms with E-state index >= 15 is 0 Å². The molecule has 0 aliphatic carbocycles. The first-order valence-electron chi connectivity index (χ1n) is 13.0. The molecule has 0 bridgehead atoms. The Morgan fingerprint density at radius 1 is 1.11 bits per heavy atom. The standard InChI is InChI=1S/C28H25F3N8O4S/c1-17-3-5-19(14-42-2)22(11-17)39-24(40)15-44-27(39)36-26(41)35-23-10-4-18(12-32-23)13-33-25-34-16-38(37-25)20-6-8-21(9-7-20)43-28(29,30)31/h3-12,16H,13-15H2,1-2H3,(H,33,37)(H,32,35,41). The quantitative estimate of drug-likeness (QED) is 0.254. The van der Waals surface area contributed by atoms with Crippen molar-refractivity contribution in [3.8, 4) is 11.4 Å². The Hall–Kier alpha value is -4.96. The molecule has 0 radical (unpaired) electrons. The highest BCUT2D eigenvalue weighted by molar-refractivity contribution is 8.15. The fourth-order valence-electron chi connectivity index (χ4n) is 4.12. The zero-order valence-corrected chi connectivity index (χ0v) is 24.1. The number of urea groups is 1. The predicted octanol–water partition coefficient (Wildman–Crippen LogP) is 5.30. The number of ether oxygens (including phenoxy) is 2. The van der Waals surface area contributed by atoms with Gasteiger partial charge in [-0.15, -0.1) is 18.3 Å². The van der Waals surface area contributed by atoms with Gasteiger partial charge in [0.05, 0.1) is 23.7 Å². The lowest BCUT2D eigenvalue weighted by atomic mass is 10.1. The van der Waals surface area contributed by atoms with Crippen LogP contribution in [0.3, 0.4) is 0 Å². The third kappa shape index (κ3) is 7.70. The first-order chi connectivity index (χ1) is 21.1. The Balaban J connectivity index is 1.17. The smallest absolute Gasteiger partial charge is 0.406 e. The summed E-state index contributed by atoms with van der Waals surface area (Å²) < 4.78 is 47.6. The number of anilines is 3. The van der Waals surface area contributed by atoms with E-state index in [-0.39, 0.29) is 34.3 Å². The Labute approximate surface area is 253 Å². The van der Waals surface area contributed by atoms with E-state index in [1.165, 1.54) is 51.9 Å². The lowest BCUT2D eigenvalue weighted by molar-refractivity contribution is -0.274. The van der Waals surface area contributed by atoms with Crippen LogP contribution in [-0.4, -0.2) is 56.1 Å². The summed E-state index contributed by atoms with van der Waals surface area (Å²) in [6.07, 6.45) is -1.81. The van der Waals surface area contributed by atoms with Gasteiger partial charge in [0.15, 0.2) is 5.17 Å². The first kappa shape index (κ1) is 30.5. The molecule has 5 rings (SSSR count). The highest BCUT2D eigenvalue weighted by atomic mass is 32.2. The van der Waals surface area contributed by atoms with Gasteiger partial charge in [-0.1, -0.05) is 30.0 Å². The topological polar surface area (TPSA) is 136 Å². The van der Waals surface area contributed by atoms with Crippen LogP contribution in [0.15, 0.2) is 72.1 Å². The van der Waals surface area contributed by atoms with Gasteiger partial charge in [0, 0.05) is 25.4 Å². The van der Waals surface area contributed by atoms with Crippen molar-refractivity contribution in [3.63, 3.8) is 0 Å². The van der Waals surface area contributed by atoms with Gasteiger partial charge in [-0.3, -0.25) is 15.0 Å². The molecule has 1 aliphatic heterocycles. The molecule has 228 valence electrons. The van der Waals surface area contributed by atoms with Gasteiger partial charge in [0.2, 0.25) is 11.9 Å². The first-order valence-corrected chi connectivity index (χ1v) is 14.0. The van der Waals surface area contributed by atoms with Crippen LogP contribution in [0.5, 0.6) is 5.75 Å². The van der Waals surface area contributed by atoms with E-state index in [1.54, 1.807) is 25.4 Å². The molecular weight excluding hydrogens is 601 g/mol. The molecule has 1 saturated heterocycles. The summed E-state index contributed by atoms with van der Waals surface area (Å²) in [6.45, 7) is 2.51. The molecular formula is C28H25F3N8O4S. The number of amides is 3. The maximum absolute atomic E-state index is 12.7. The van der Waals surface area contributed by atoms with E-state index in [4.69, 9.17) is 4.74 Å². The molecule has 4 aromatic rings. The van der Waals surface area contributed by atoms with Crippen molar-refractivity contribution in [2.24, 2.45) is 4.99 Å². The van der Waals surface area contributed by atoms with Crippen molar-refractivity contribution in [2.75, 3.05) is 28.4 Å². The van der Waals surface area contributed by atoms with Crippen molar-refractivity contribution in [1.82, 2.24) is 19.7 Å². The largest absolute Gasteiger partial charge is 0.573 e. The van der Waals surface area contributed by atoms with Crippen molar-refractivity contribution in [3.05, 3.63) is 83.8 Å². The number of hydrogen-bond donors (Lipinski definition) is 2.